The summed E-state index contributed by atoms with van der Waals surface area (Å²) in [5.74, 6) is -0.750. The fourth-order valence-corrected chi connectivity index (χ4v) is 5.41. The van der Waals surface area contributed by atoms with Gasteiger partial charge in [0.15, 0.2) is 5.78 Å². The Kier molecular flexibility index (Phi) is 5.85. The van der Waals surface area contributed by atoms with E-state index in [-0.39, 0.29) is 17.8 Å². The Morgan fingerprint density at radius 3 is 2.63 bits per heavy atom. The van der Waals surface area contributed by atoms with Gasteiger partial charge in [-0.1, -0.05) is 35.9 Å². The molecule has 0 saturated carbocycles. The molecule has 0 spiro atoms. The number of carbonyl (C=O) groups excluding carboxylic acids is 2. The zero-order valence-electron chi connectivity index (χ0n) is 17.2. The van der Waals surface area contributed by atoms with Gasteiger partial charge in [0.05, 0.1) is 11.7 Å². The molecule has 156 valence electrons. The molecule has 2 heterocycles. The Balaban J connectivity index is 1.83. The van der Waals surface area contributed by atoms with E-state index in [4.69, 9.17) is 16.3 Å². The van der Waals surface area contributed by atoms with E-state index in [9.17, 15) is 9.59 Å². The number of carbonyl (C=O) groups is 2. The number of Topliss-reactive ketones (excluding diaryl/α,β-unsaturated/α-hetero) is 1. The Morgan fingerprint density at radius 1 is 1.20 bits per heavy atom. The van der Waals surface area contributed by atoms with Gasteiger partial charge in [-0.3, -0.25) is 4.79 Å². The molecule has 0 amide bonds. The van der Waals surface area contributed by atoms with E-state index in [1.807, 2.05) is 50.4 Å². The molecule has 0 unspecified atom stereocenters. The molecule has 1 N–H and O–H groups in total. The first-order valence-corrected chi connectivity index (χ1v) is 11.4. The molecule has 2 atom stereocenters. The number of dihydropyridines is 1. The summed E-state index contributed by atoms with van der Waals surface area (Å²) in [4.78, 5) is 27.7. The normalized spacial score (nSPS) is 21.6. The molecule has 1 aromatic carbocycles. The summed E-state index contributed by atoms with van der Waals surface area (Å²) < 4.78 is 5.53. The van der Waals surface area contributed by atoms with E-state index < -0.39 is 11.9 Å². The van der Waals surface area contributed by atoms with Crippen LogP contribution in [-0.4, -0.2) is 17.9 Å². The van der Waals surface area contributed by atoms with Crippen LogP contribution in [0.5, 0.6) is 0 Å². The summed E-state index contributed by atoms with van der Waals surface area (Å²) in [6.07, 6.45) is 0.894. The molecule has 30 heavy (non-hydrogen) atoms. The lowest BCUT2D eigenvalue weighted by molar-refractivity contribution is -0.143. The molecule has 4 nitrogen and oxygen atoms in total. The van der Waals surface area contributed by atoms with E-state index in [0.717, 1.165) is 17.7 Å². The average Bonchev–Trinajstić information content (AvgIpc) is 3.21. The predicted molar refractivity (Wildman–Crippen MR) is 120 cm³/mol. The quantitative estimate of drug-likeness (QED) is 0.617. The third kappa shape index (κ3) is 3.84. The average molecular weight is 442 g/mol. The number of benzene rings is 1. The maximum Gasteiger partial charge on any atom is 0.337 e. The van der Waals surface area contributed by atoms with Crippen LogP contribution in [0.25, 0.3) is 0 Å². The van der Waals surface area contributed by atoms with E-state index in [0.29, 0.717) is 28.3 Å². The first-order chi connectivity index (χ1) is 14.4. The highest BCUT2D eigenvalue weighted by molar-refractivity contribution is 7.10. The van der Waals surface area contributed by atoms with Crippen LogP contribution in [0, 0.1) is 0 Å². The van der Waals surface area contributed by atoms with Gasteiger partial charge in [0.1, 0.15) is 0 Å². The third-order valence-electron chi connectivity index (χ3n) is 5.55. The minimum Gasteiger partial charge on any atom is -0.460 e. The van der Waals surface area contributed by atoms with E-state index in [2.05, 4.69) is 11.4 Å². The Labute approximate surface area is 185 Å². The Bertz CT molecular complexity index is 1050. The van der Waals surface area contributed by atoms with Gasteiger partial charge >= 0.3 is 5.97 Å². The van der Waals surface area contributed by atoms with E-state index >= 15 is 0 Å². The van der Waals surface area contributed by atoms with Crippen molar-refractivity contribution in [1.82, 2.24) is 5.32 Å². The Morgan fingerprint density at radius 2 is 1.97 bits per heavy atom. The minimum atomic E-state index is -0.530. The molecule has 2 aliphatic rings. The molecule has 0 saturated heterocycles. The zero-order chi connectivity index (χ0) is 21.4. The molecule has 1 aliphatic carbocycles. The van der Waals surface area contributed by atoms with Gasteiger partial charge in [-0.2, -0.15) is 0 Å². The lowest BCUT2D eigenvalue weighted by atomic mass is 9.72. The predicted octanol–water partition coefficient (Wildman–Crippen LogP) is 5.71. The highest BCUT2D eigenvalue weighted by Gasteiger charge is 2.42. The van der Waals surface area contributed by atoms with Gasteiger partial charge in [0, 0.05) is 45.1 Å². The van der Waals surface area contributed by atoms with E-state index in [1.54, 1.807) is 17.4 Å². The number of allylic oxidation sites excluding steroid dienone is 3. The van der Waals surface area contributed by atoms with Crippen LogP contribution in [-0.2, 0) is 14.3 Å². The van der Waals surface area contributed by atoms with Crippen LogP contribution in [0.1, 0.15) is 55.9 Å². The SMILES string of the molecule is CC1=C(C(=O)OC(C)C)[C@H](c2ccccc2Cl)C2=C(C[C@@H](c3cccs3)CC2=O)N1. The first-order valence-electron chi connectivity index (χ1n) is 10.1. The second-order valence-electron chi connectivity index (χ2n) is 8.01. The van der Waals surface area contributed by atoms with Crippen LogP contribution >= 0.6 is 22.9 Å². The fourth-order valence-electron chi connectivity index (χ4n) is 4.33. The van der Waals surface area contributed by atoms with Gasteiger partial charge < -0.3 is 10.1 Å². The topological polar surface area (TPSA) is 55.4 Å². The molecule has 0 fully saturated rings. The molecule has 4 rings (SSSR count). The summed E-state index contributed by atoms with van der Waals surface area (Å²) in [7, 11) is 0. The van der Waals surface area contributed by atoms with Gasteiger partial charge in [-0.15, -0.1) is 11.3 Å². The minimum absolute atomic E-state index is 0.0504. The van der Waals surface area contributed by atoms with Gasteiger partial charge in [0.2, 0.25) is 0 Å². The van der Waals surface area contributed by atoms with Crippen LogP contribution in [0.3, 0.4) is 0 Å². The number of hydrogen-bond donors (Lipinski definition) is 1. The van der Waals surface area contributed by atoms with E-state index in [1.165, 1.54) is 4.88 Å². The number of rotatable bonds is 4. The monoisotopic (exact) mass is 441 g/mol. The van der Waals surface area contributed by atoms with Crippen molar-refractivity contribution in [3.8, 4) is 0 Å². The first kappa shape index (κ1) is 20.9. The summed E-state index contributed by atoms with van der Waals surface area (Å²) in [6.45, 7) is 5.50. The molecular weight excluding hydrogens is 418 g/mol. The highest BCUT2D eigenvalue weighted by Crippen LogP contribution is 2.47. The molecule has 0 bridgehead atoms. The molecular formula is C24H24ClNO3S. The third-order valence-corrected chi connectivity index (χ3v) is 6.93. The van der Waals surface area contributed by atoms with Crippen molar-refractivity contribution < 1.29 is 14.3 Å². The summed E-state index contributed by atoms with van der Waals surface area (Å²) in [5, 5.41) is 5.93. The smallest absolute Gasteiger partial charge is 0.337 e. The van der Waals surface area contributed by atoms with Crippen molar-refractivity contribution in [1.29, 1.82) is 0 Å². The highest BCUT2D eigenvalue weighted by atomic mass is 35.5. The van der Waals surface area contributed by atoms with Crippen molar-refractivity contribution >= 4 is 34.7 Å². The maximum atomic E-state index is 13.4. The van der Waals surface area contributed by atoms with Crippen LogP contribution in [0.2, 0.25) is 5.02 Å². The number of nitrogens with one attached hydrogen (secondary N) is 1. The van der Waals surface area contributed by atoms with Crippen molar-refractivity contribution in [3.63, 3.8) is 0 Å². The number of hydrogen-bond acceptors (Lipinski definition) is 5. The molecule has 2 aromatic rings. The largest absolute Gasteiger partial charge is 0.460 e. The molecule has 1 aromatic heterocycles. The van der Waals surface area contributed by atoms with Crippen molar-refractivity contribution in [3.05, 3.63) is 79.8 Å². The van der Waals surface area contributed by atoms with Crippen LogP contribution in [0.4, 0.5) is 0 Å². The maximum absolute atomic E-state index is 13.4. The number of thiophene rings is 1. The van der Waals surface area contributed by atoms with Crippen molar-refractivity contribution in [2.75, 3.05) is 0 Å². The van der Waals surface area contributed by atoms with Gasteiger partial charge in [-0.25, -0.2) is 4.79 Å². The Hall–Kier alpha value is -2.37. The second kappa shape index (κ2) is 8.40. The van der Waals surface area contributed by atoms with Crippen LogP contribution < -0.4 is 5.32 Å². The molecule has 6 heteroatoms. The number of esters is 1. The van der Waals surface area contributed by atoms with Crippen LogP contribution in [0.15, 0.2) is 64.3 Å². The standard InChI is InChI=1S/C24H24ClNO3S/c1-13(2)29-24(28)21-14(3)26-18-11-15(20-9-6-10-30-20)12-19(27)23(18)22(21)16-7-4-5-8-17(16)25/h4-10,13,15,22,26H,11-12H2,1-3H3/t15-,22+/m1/s1. The second-order valence-corrected chi connectivity index (χ2v) is 9.39. The van der Waals surface area contributed by atoms with Crippen molar-refractivity contribution in [2.24, 2.45) is 0 Å². The molecule has 1 aliphatic heterocycles. The summed E-state index contributed by atoms with van der Waals surface area (Å²) >= 11 is 8.22. The zero-order valence-corrected chi connectivity index (χ0v) is 18.8. The number of ether oxygens (including phenoxy) is 1. The summed E-state index contributed by atoms with van der Waals surface area (Å²) in [6, 6.07) is 11.5. The van der Waals surface area contributed by atoms with Crippen molar-refractivity contribution in [2.45, 2.75) is 51.6 Å². The van der Waals surface area contributed by atoms with Gasteiger partial charge in [0.25, 0.3) is 0 Å². The number of halogens is 1. The molecule has 0 radical (unpaired) electrons. The summed E-state index contributed by atoms with van der Waals surface area (Å²) in [5.41, 5.74) is 3.44. The van der Waals surface area contributed by atoms with Gasteiger partial charge in [-0.05, 0) is 50.3 Å². The number of ketones is 1. The lowest BCUT2D eigenvalue weighted by Crippen LogP contribution is -2.36. The lowest BCUT2D eigenvalue weighted by Gasteiger charge is -2.36. The fraction of sp³-hybridized carbons (Fsp3) is 0.333.